The lowest BCUT2D eigenvalue weighted by Gasteiger charge is -2.17. The number of halogens is 3. The number of thioether (sulfide) groups is 1. The van der Waals surface area contributed by atoms with Crippen LogP contribution in [0.2, 0.25) is 0 Å². The number of hydrazine groups is 1. The Morgan fingerprint density at radius 1 is 1.42 bits per heavy atom. The lowest BCUT2D eigenvalue weighted by atomic mass is 10.1. The number of benzene rings is 1. The summed E-state index contributed by atoms with van der Waals surface area (Å²) in [6.45, 7) is 2.07. The first-order valence-corrected chi connectivity index (χ1v) is 7.01. The SMILES string of the molecule is CCCSCC(NN)c1cccc(OC(F)(F)F)c1. The van der Waals surface area contributed by atoms with E-state index in [4.69, 9.17) is 5.84 Å². The van der Waals surface area contributed by atoms with Gasteiger partial charge in [-0.25, -0.2) is 0 Å². The molecule has 1 aromatic rings. The van der Waals surface area contributed by atoms with Crippen molar-refractivity contribution in [3.63, 3.8) is 0 Å². The van der Waals surface area contributed by atoms with Gasteiger partial charge in [0.05, 0.1) is 6.04 Å². The highest BCUT2D eigenvalue weighted by atomic mass is 32.2. The molecule has 1 aromatic carbocycles. The van der Waals surface area contributed by atoms with E-state index in [0.717, 1.165) is 12.2 Å². The average molecular weight is 294 g/mol. The Balaban J connectivity index is 2.72. The number of hydrogen-bond donors (Lipinski definition) is 2. The lowest BCUT2D eigenvalue weighted by molar-refractivity contribution is -0.274. The van der Waals surface area contributed by atoms with Gasteiger partial charge >= 0.3 is 6.36 Å². The van der Waals surface area contributed by atoms with Crippen LogP contribution in [0.15, 0.2) is 24.3 Å². The second-order valence-corrected chi connectivity index (χ2v) is 5.06. The van der Waals surface area contributed by atoms with Crippen molar-refractivity contribution in [1.29, 1.82) is 0 Å². The molecule has 1 unspecified atom stereocenters. The molecule has 1 atom stereocenters. The second-order valence-electron chi connectivity index (χ2n) is 3.91. The number of rotatable bonds is 7. The van der Waals surface area contributed by atoms with Gasteiger partial charge in [0.25, 0.3) is 0 Å². The van der Waals surface area contributed by atoms with Crippen molar-refractivity contribution in [2.24, 2.45) is 5.84 Å². The average Bonchev–Trinajstić information content (AvgIpc) is 2.33. The van der Waals surface area contributed by atoms with Crippen LogP contribution in [0.3, 0.4) is 0 Å². The molecule has 0 saturated carbocycles. The molecule has 0 spiro atoms. The Labute approximate surface area is 114 Å². The van der Waals surface area contributed by atoms with Gasteiger partial charge in [0.2, 0.25) is 0 Å². The van der Waals surface area contributed by atoms with Gasteiger partial charge in [-0.2, -0.15) is 11.8 Å². The summed E-state index contributed by atoms with van der Waals surface area (Å²) in [4.78, 5) is 0. The lowest BCUT2D eigenvalue weighted by Crippen LogP contribution is -2.29. The normalized spacial score (nSPS) is 13.3. The molecular formula is C12H17F3N2OS. The largest absolute Gasteiger partial charge is 0.573 e. The number of nitrogens with two attached hydrogens (primary N) is 1. The van der Waals surface area contributed by atoms with Crippen LogP contribution >= 0.6 is 11.8 Å². The first-order valence-electron chi connectivity index (χ1n) is 5.86. The van der Waals surface area contributed by atoms with Gasteiger partial charge in [0.15, 0.2) is 0 Å². The molecule has 0 aliphatic rings. The summed E-state index contributed by atoms with van der Waals surface area (Å²) in [6, 6.07) is 5.66. The molecule has 0 heterocycles. The highest BCUT2D eigenvalue weighted by Crippen LogP contribution is 2.26. The highest BCUT2D eigenvalue weighted by molar-refractivity contribution is 7.99. The van der Waals surface area contributed by atoms with Crippen LogP contribution in [-0.4, -0.2) is 17.9 Å². The number of hydrogen-bond acceptors (Lipinski definition) is 4. The molecule has 0 aliphatic heterocycles. The molecule has 19 heavy (non-hydrogen) atoms. The van der Waals surface area contributed by atoms with Crippen molar-refractivity contribution in [3.05, 3.63) is 29.8 Å². The third-order valence-corrected chi connectivity index (χ3v) is 3.59. The first kappa shape index (κ1) is 16.1. The predicted molar refractivity (Wildman–Crippen MR) is 70.8 cm³/mol. The van der Waals surface area contributed by atoms with E-state index in [1.807, 2.05) is 0 Å². The van der Waals surface area contributed by atoms with Gasteiger partial charge in [-0.15, -0.1) is 13.2 Å². The Hall–Kier alpha value is -0.920. The highest BCUT2D eigenvalue weighted by Gasteiger charge is 2.31. The van der Waals surface area contributed by atoms with E-state index in [2.05, 4.69) is 17.1 Å². The fourth-order valence-corrected chi connectivity index (χ4v) is 2.49. The molecule has 0 bridgehead atoms. The van der Waals surface area contributed by atoms with E-state index >= 15 is 0 Å². The molecule has 0 radical (unpaired) electrons. The quantitative estimate of drug-likeness (QED) is 0.460. The van der Waals surface area contributed by atoms with Crippen LogP contribution in [0.25, 0.3) is 0 Å². The van der Waals surface area contributed by atoms with E-state index in [-0.39, 0.29) is 11.8 Å². The second kappa shape index (κ2) is 7.62. The summed E-state index contributed by atoms with van der Waals surface area (Å²) >= 11 is 1.69. The summed E-state index contributed by atoms with van der Waals surface area (Å²) in [5, 5.41) is 0. The van der Waals surface area contributed by atoms with Gasteiger partial charge in [0, 0.05) is 5.75 Å². The number of nitrogens with one attached hydrogen (secondary N) is 1. The molecule has 0 fully saturated rings. The maximum atomic E-state index is 12.1. The topological polar surface area (TPSA) is 47.3 Å². The van der Waals surface area contributed by atoms with Crippen LogP contribution in [0.4, 0.5) is 13.2 Å². The molecule has 3 N–H and O–H groups in total. The van der Waals surface area contributed by atoms with E-state index < -0.39 is 6.36 Å². The zero-order valence-corrected chi connectivity index (χ0v) is 11.4. The molecule has 1 rings (SSSR count). The molecule has 3 nitrogen and oxygen atoms in total. The summed E-state index contributed by atoms with van der Waals surface area (Å²) < 4.78 is 40.3. The van der Waals surface area contributed by atoms with Crippen molar-refractivity contribution < 1.29 is 17.9 Å². The monoisotopic (exact) mass is 294 g/mol. The third kappa shape index (κ3) is 6.17. The minimum Gasteiger partial charge on any atom is -0.406 e. The maximum Gasteiger partial charge on any atom is 0.573 e. The zero-order valence-electron chi connectivity index (χ0n) is 10.5. The molecule has 0 aromatic heterocycles. The van der Waals surface area contributed by atoms with Gasteiger partial charge in [-0.05, 0) is 29.9 Å². The summed E-state index contributed by atoms with van der Waals surface area (Å²) in [7, 11) is 0. The maximum absolute atomic E-state index is 12.1. The fraction of sp³-hybridized carbons (Fsp3) is 0.500. The number of alkyl halides is 3. The minimum atomic E-state index is -4.68. The van der Waals surface area contributed by atoms with Crippen molar-refractivity contribution in [3.8, 4) is 5.75 Å². The Morgan fingerprint density at radius 3 is 2.74 bits per heavy atom. The molecule has 0 aliphatic carbocycles. The zero-order chi connectivity index (χ0) is 14.3. The molecule has 0 amide bonds. The number of ether oxygens (including phenoxy) is 1. The van der Waals surface area contributed by atoms with E-state index in [1.165, 1.54) is 18.2 Å². The van der Waals surface area contributed by atoms with Gasteiger partial charge in [-0.1, -0.05) is 19.1 Å². The van der Waals surface area contributed by atoms with Crippen molar-refractivity contribution in [2.75, 3.05) is 11.5 Å². The Morgan fingerprint density at radius 2 is 2.16 bits per heavy atom. The third-order valence-electron chi connectivity index (χ3n) is 2.33. The minimum absolute atomic E-state index is 0.201. The first-order chi connectivity index (χ1) is 8.96. The predicted octanol–water partition coefficient (Wildman–Crippen LogP) is 3.23. The van der Waals surface area contributed by atoms with Gasteiger partial charge < -0.3 is 4.74 Å². The van der Waals surface area contributed by atoms with Crippen LogP contribution in [0.5, 0.6) is 5.75 Å². The van der Waals surface area contributed by atoms with Gasteiger partial charge in [0.1, 0.15) is 5.75 Å². The fourth-order valence-electron chi connectivity index (χ4n) is 1.51. The summed E-state index contributed by atoms with van der Waals surface area (Å²) in [5.41, 5.74) is 3.28. The standard InChI is InChI=1S/C12H17F3N2OS/c1-2-6-19-8-11(17-16)9-4-3-5-10(7-9)18-12(13,14)15/h3-5,7,11,17H,2,6,8,16H2,1H3. The molecule has 108 valence electrons. The van der Waals surface area contributed by atoms with Crippen LogP contribution in [0, 0.1) is 0 Å². The van der Waals surface area contributed by atoms with Crippen molar-refractivity contribution in [2.45, 2.75) is 25.7 Å². The van der Waals surface area contributed by atoms with Crippen molar-refractivity contribution >= 4 is 11.8 Å². The Bertz CT molecular complexity index is 387. The van der Waals surface area contributed by atoms with E-state index in [0.29, 0.717) is 11.3 Å². The van der Waals surface area contributed by atoms with E-state index in [9.17, 15) is 13.2 Å². The molecule has 7 heteroatoms. The van der Waals surface area contributed by atoms with Crippen molar-refractivity contribution in [1.82, 2.24) is 5.43 Å². The van der Waals surface area contributed by atoms with Crippen LogP contribution in [-0.2, 0) is 0 Å². The molecule has 0 saturated heterocycles. The van der Waals surface area contributed by atoms with E-state index in [1.54, 1.807) is 17.8 Å². The summed E-state index contributed by atoms with van der Waals surface area (Å²) in [5.74, 6) is 6.88. The van der Waals surface area contributed by atoms with Crippen LogP contribution < -0.4 is 16.0 Å². The van der Waals surface area contributed by atoms with Gasteiger partial charge in [-0.3, -0.25) is 11.3 Å². The Kier molecular flexibility index (Phi) is 6.47. The summed E-state index contributed by atoms with van der Waals surface area (Å²) in [6.07, 6.45) is -3.64. The smallest absolute Gasteiger partial charge is 0.406 e. The van der Waals surface area contributed by atoms with Crippen LogP contribution in [0.1, 0.15) is 24.9 Å². The molecular weight excluding hydrogens is 277 g/mol.